The van der Waals surface area contributed by atoms with Crippen molar-refractivity contribution in [3.05, 3.63) is 90.0 Å². The van der Waals surface area contributed by atoms with E-state index in [1.807, 2.05) is 24.3 Å². The first kappa shape index (κ1) is 16.5. The summed E-state index contributed by atoms with van der Waals surface area (Å²) in [5.74, 6) is 0.879. The van der Waals surface area contributed by atoms with Gasteiger partial charge in [0.25, 0.3) is 0 Å². The van der Waals surface area contributed by atoms with E-state index in [4.69, 9.17) is 4.74 Å². The molecule has 132 valence electrons. The third-order valence-electron chi connectivity index (χ3n) is 5.06. The van der Waals surface area contributed by atoms with Crippen LogP contribution in [0.4, 0.5) is 11.4 Å². The van der Waals surface area contributed by atoms with Crippen LogP contribution in [0.3, 0.4) is 0 Å². The molecule has 0 heterocycles. The van der Waals surface area contributed by atoms with Crippen molar-refractivity contribution in [1.82, 2.24) is 0 Å². The molecule has 0 aliphatic heterocycles. The largest absolute Gasteiger partial charge is 0.495 e. The number of hydrogen-bond donors (Lipinski definition) is 2. The van der Waals surface area contributed by atoms with E-state index in [-0.39, 0.29) is 6.04 Å². The number of fused-ring (bicyclic) bond motifs is 1. The zero-order valence-corrected chi connectivity index (χ0v) is 15.0. The van der Waals surface area contributed by atoms with Crippen LogP contribution in [0.15, 0.2) is 78.9 Å². The van der Waals surface area contributed by atoms with Gasteiger partial charge in [-0.05, 0) is 48.2 Å². The average molecular weight is 344 g/mol. The lowest BCUT2D eigenvalue weighted by molar-refractivity contribution is 0.415. The molecule has 3 nitrogen and oxygen atoms in total. The second kappa shape index (κ2) is 7.52. The molecule has 3 heteroatoms. The standard InChI is InChI=1S/C23H24N2O/c1-26-23-14-8-7-13-20(23)25-22-16-18-10-6-5-9-17(18)15-21(22)24-19-11-3-2-4-12-19/h2-14,21-22,24-25H,15-16H2,1H3/t21-,22-/m0/s1. The summed E-state index contributed by atoms with van der Waals surface area (Å²) in [6, 6.07) is 27.9. The van der Waals surface area contributed by atoms with Gasteiger partial charge in [-0.25, -0.2) is 0 Å². The summed E-state index contributed by atoms with van der Waals surface area (Å²) in [6.07, 6.45) is 1.98. The molecule has 0 aromatic heterocycles. The molecular weight excluding hydrogens is 320 g/mol. The van der Waals surface area contributed by atoms with Crippen molar-refractivity contribution < 1.29 is 4.74 Å². The summed E-state index contributed by atoms with van der Waals surface area (Å²) >= 11 is 0. The van der Waals surface area contributed by atoms with Crippen LogP contribution in [0.2, 0.25) is 0 Å². The molecule has 0 unspecified atom stereocenters. The summed E-state index contributed by atoms with van der Waals surface area (Å²) in [6.45, 7) is 0. The number of rotatable bonds is 5. The maximum Gasteiger partial charge on any atom is 0.141 e. The third-order valence-corrected chi connectivity index (χ3v) is 5.06. The Morgan fingerprint density at radius 2 is 1.27 bits per heavy atom. The summed E-state index contributed by atoms with van der Waals surface area (Å²) in [4.78, 5) is 0. The average Bonchev–Trinajstić information content (AvgIpc) is 2.69. The van der Waals surface area contributed by atoms with E-state index in [9.17, 15) is 0 Å². The Morgan fingerprint density at radius 1 is 0.692 bits per heavy atom. The van der Waals surface area contributed by atoms with Gasteiger partial charge in [0.05, 0.1) is 24.9 Å². The quantitative estimate of drug-likeness (QED) is 0.700. The van der Waals surface area contributed by atoms with E-state index in [2.05, 4.69) is 65.2 Å². The van der Waals surface area contributed by atoms with Crippen molar-refractivity contribution in [2.24, 2.45) is 0 Å². The Hall–Kier alpha value is -2.94. The Balaban J connectivity index is 1.62. The van der Waals surface area contributed by atoms with Crippen molar-refractivity contribution in [2.45, 2.75) is 24.9 Å². The predicted octanol–water partition coefficient (Wildman–Crippen LogP) is 4.76. The molecular formula is C23H24N2O. The Morgan fingerprint density at radius 3 is 1.96 bits per heavy atom. The Bertz CT molecular complexity index is 863. The number of para-hydroxylation sites is 3. The van der Waals surface area contributed by atoms with Gasteiger partial charge in [0.1, 0.15) is 5.75 Å². The highest BCUT2D eigenvalue weighted by molar-refractivity contribution is 5.58. The fourth-order valence-corrected chi connectivity index (χ4v) is 3.73. The second-order valence-electron chi connectivity index (χ2n) is 6.74. The lowest BCUT2D eigenvalue weighted by atomic mass is 9.84. The molecule has 3 aromatic rings. The van der Waals surface area contributed by atoms with Gasteiger partial charge in [0.15, 0.2) is 0 Å². The number of anilines is 2. The number of hydrogen-bond acceptors (Lipinski definition) is 3. The smallest absolute Gasteiger partial charge is 0.141 e. The van der Waals surface area contributed by atoms with Crippen LogP contribution in [0.25, 0.3) is 0 Å². The molecule has 3 aromatic carbocycles. The number of nitrogens with one attached hydrogen (secondary N) is 2. The minimum absolute atomic E-state index is 0.279. The van der Waals surface area contributed by atoms with Gasteiger partial charge in [0, 0.05) is 5.69 Å². The maximum absolute atomic E-state index is 5.53. The molecule has 0 amide bonds. The Labute approximate surface area is 155 Å². The maximum atomic E-state index is 5.53. The highest BCUT2D eigenvalue weighted by Gasteiger charge is 2.28. The summed E-state index contributed by atoms with van der Waals surface area (Å²) in [7, 11) is 1.72. The first-order chi connectivity index (χ1) is 12.8. The van der Waals surface area contributed by atoms with Crippen LogP contribution >= 0.6 is 0 Å². The van der Waals surface area contributed by atoms with Gasteiger partial charge in [-0.15, -0.1) is 0 Å². The molecule has 0 radical (unpaired) electrons. The minimum Gasteiger partial charge on any atom is -0.495 e. The van der Waals surface area contributed by atoms with E-state index < -0.39 is 0 Å². The van der Waals surface area contributed by atoms with Crippen LogP contribution in [0.5, 0.6) is 5.75 Å². The zero-order valence-electron chi connectivity index (χ0n) is 15.0. The van der Waals surface area contributed by atoms with Crippen LogP contribution in [0, 0.1) is 0 Å². The molecule has 2 atom stereocenters. The second-order valence-corrected chi connectivity index (χ2v) is 6.74. The van der Waals surface area contributed by atoms with Gasteiger partial charge in [-0.1, -0.05) is 54.6 Å². The van der Waals surface area contributed by atoms with Crippen molar-refractivity contribution in [2.75, 3.05) is 17.7 Å². The van der Waals surface area contributed by atoms with Gasteiger partial charge in [0.2, 0.25) is 0 Å². The minimum atomic E-state index is 0.279. The van der Waals surface area contributed by atoms with Crippen LogP contribution in [-0.4, -0.2) is 19.2 Å². The molecule has 0 fully saturated rings. The van der Waals surface area contributed by atoms with Gasteiger partial charge in [-0.3, -0.25) is 0 Å². The normalized spacial score (nSPS) is 18.7. The third kappa shape index (κ3) is 3.52. The van der Waals surface area contributed by atoms with Crippen molar-refractivity contribution in [3.8, 4) is 5.75 Å². The molecule has 1 aliphatic carbocycles. The lowest BCUT2D eigenvalue weighted by Crippen LogP contribution is -2.45. The first-order valence-electron chi connectivity index (χ1n) is 9.11. The first-order valence-corrected chi connectivity index (χ1v) is 9.11. The van der Waals surface area contributed by atoms with E-state index >= 15 is 0 Å². The molecule has 0 bridgehead atoms. The molecule has 26 heavy (non-hydrogen) atoms. The number of methoxy groups -OCH3 is 1. The van der Waals surface area contributed by atoms with Crippen molar-refractivity contribution in [3.63, 3.8) is 0 Å². The van der Waals surface area contributed by atoms with Crippen LogP contribution in [0.1, 0.15) is 11.1 Å². The monoisotopic (exact) mass is 344 g/mol. The zero-order chi connectivity index (χ0) is 17.8. The molecule has 4 rings (SSSR count). The molecule has 0 saturated carbocycles. The molecule has 0 spiro atoms. The molecule has 0 saturated heterocycles. The van der Waals surface area contributed by atoms with Crippen LogP contribution in [-0.2, 0) is 12.8 Å². The van der Waals surface area contributed by atoms with Crippen molar-refractivity contribution >= 4 is 11.4 Å². The van der Waals surface area contributed by atoms with E-state index in [0.29, 0.717) is 6.04 Å². The predicted molar refractivity (Wildman–Crippen MR) is 108 cm³/mol. The van der Waals surface area contributed by atoms with Gasteiger partial charge >= 0.3 is 0 Å². The van der Waals surface area contributed by atoms with Gasteiger partial charge in [-0.2, -0.15) is 0 Å². The number of benzene rings is 3. The van der Waals surface area contributed by atoms with Crippen molar-refractivity contribution in [1.29, 1.82) is 0 Å². The number of ether oxygens (including phenoxy) is 1. The van der Waals surface area contributed by atoms with E-state index in [0.717, 1.165) is 30.0 Å². The fraction of sp³-hybridized carbons (Fsp3) is 0.217. The summed E-state index contributed by atoms with van der Waals surface area (Å²) in [5, 5.41) is 7.45. The SMILES string of the molecule is COc1ccccc1N[C@H]1Cc2ccccc2C[C@@H]1Nc1ccccc1. The molecule has 1 aliphatic rings. The van der Waals surface area contributed by atoms with Crippen LogP contribution < -0.4 is 15.4 Å². The van der Waals surface area contributed by atoms with E-state index in [1.165, 1.54) is 11.1 Å². The highest BCUT2D eigenvalue weighted by atomic mass is 16.5. The lowest BCUT2D eigenvalue weighted by Gasteiger charge is -2.35. The fourth-order valence-electron chi connectivity index (χ4n) is 3.73. The van der Waals surface area contributed by atoms with Gasteiger partial charge < -0.3 is 15.4 Å². The molecule has 2 N–H and O–H groups in total. The summed E-state index contributed by atoms with van der Waals surface area (Å²) < 4.78 is 5.53. The Kier molecular flexibility index (Phi) is 4.78. The summed E-state index contributed by atoms with van der Waals surface area (Å²) in [5.41, 5.74) is 5.05. The topological polar surface area (TPSA) is 33.3 Å². The van der Waals surface area contributed by atoms with E-state index in [1.54, 1.807) is 7.11 Å². The highest BCUT2D eigenvalue weighted by Crippen LogP contribution is 2.30.